The molecule has 0 N–H and O–H groups in total. The lowest BCUT2D eigenvalue weighted by Crippen LogP contribution is -2.46. The van der Waals surface area contributed by atoms with Gasteiger partial charge in [-0.2, -0.15) is 0 Å². The van der Waals surface area contributed by atoms with E-state index in [1.807, 2.05) is 12.1 Å². The van der Waals surface area contributed by atoms with Crippen molar-refractivity contribution in [3.05, 3.63) is 40.4 Å². The molecular formula is C18H24N4O2. The van der Waals surface area contributed by atoms with Crippen LogP contribution in [-0.4, -0.2) is 47.5 Å². The first-order valence-corrected chi connectivity index (χ1v) is 8.70. The van der Waals surface area contributed by atoms with Gasteiger partial charge in [-0.05, 0) is 31.2 Å². The van der Waals surface area contributed by atoms with Crippen molar-refractivity contribution in [3.8, 4) is 0 Å². The molecule has 6 nitrogen and oxygen atoms in total. The minimum absolute atomic E-state index is 0.109. The van der Waals surface area contributed by atoms with Gasteiger partial charge in [-0.1, -0.05) is 19.8 Å². The first-order chi connectivity index (χ1) is 11.7. The predicted molar refractivity (Wildman–Crippen MR) is 96.6 cm³/mol. The highest BCUT2D eigenvalue weighted by atomic mass is 16.6. The van der Waals surface area contributed by atoms with Crippen LogP contribution in [-0.2, 0) is 0 Å². The number of anilines is 1. The molecule has 0 spiro atoms. The molecule has 1 aliphatic heterocycles. The van der Waals surface area contributed by atoms with Gasteiger partial charge in [0, 0.05) is 43.7 Å². The summed E-state index contributed by atoms with van der Waals surface area (Å²) in [5.74, 6) is 0.963. The number of pyridine rings is 1. The number of hydrogen-bond acceptors (Lipinski definition) is 5. The summed E-state index contributed by atoms with van der Waals surface area (Å²) in [5.41, 5.74) is 0.918. The molecule has 0 saturated carbocycles. The van der Waals surface area contributed by atoms with Gasteiger partial charge < -0.3 is 4.90 Å². The van der Waals surface area contributed by atoms with Crippen molar-refractivity contribution < 1.29 is 4.92 Å². The van der Waals surface area contributed by atoms with Gasteiger partial charge >= 0.3 is 0 Å². The molecule has 1 aliphatic rings. The highest BCUT2D eigenvalue weighted by molar-refractivity contribution is 5.82. The van der Waals surface area contributed by atoms with Gasteiger partial charge in [0.2, 0.25) is 0 Å². The molecule has 128 valence electrons. The van der Waals surface area contributed by atoms with Crippen LogP contribution in [0.3, 0.4) is 0 Å². The number of benzene rings is 1. The zero-order valence-corrected chi connectivity index (χ0v) is 14.1. The van der Waals surface area contributed by atoms with Gasteiger partial charge in [0.1, 0.15) is 5.82 Å². The van der Waals surface area contributed by atoms with Crippen LogP contribution in [0.4, 0.5) is 11.5 Å². The lowest BCUT2D eigenvalue weighted by molar-refractivity contribution is -0.384. The summed E-state index contributed by atoms with van der Waals surface area (Å²) >= 11 is 0. The van der Waals surface area contributed by atoms with Crippen LogP contribution in [0.5, 0.6) is 0 Å². The summed E-state index contributed by atoms with van der Waals surface area (Å²) in [6.45, 7) is 7.54. The molecule has 2 heterocycles. The molecule has 0 atom stereocenters. The van der Waals surface area contributed by atoms with Gasteiger partial charge in [-0.15, -0.1) is 0 Å². The summed E-state index contributed by atoms with van der Waals surface area (Å²) < 4.78 is 0. The van der Waals surface area contributed by atoms with E-state index in [2.05, 4.69) is 21.7 Å². The van der Waals surface area contributed by atoms with Gasteiger partial charge in [0.05, 0.1) is 10.4 Å². The van der Waals surface area contributed by atoms with Crippen LogP contribution in [0.25, 0.3) is 10.9 Å². The van der Waals surface area contributed by atoms with Crippen LogP contribution in [0.1, 0.15) is 26.2 Å². The monoisotopic (exact) mass is 328 g/mol. The fourth-order valence-electron chi connectivity index (χ4n) is 3.18. The van der Waals surface area contributed by atoms with Crippen LogP contribution in [0.15, 0.2) is 30.3 Å². The van der Waals surface area contributed by atoms with Crippen molar-refractivity contribution in [2.45, 2.75) is 26.2 Å². The molecule has 1 aromatic carbocycles. The summed E-state index contributed by atoms with van der Waals surface area (Å²) in [4.78, 5) is 20.0. The standard InChI is InChI=1S/C18H24N4O2/c1-2-3-4-9-20-10-12-21(13-11-20)18-8-5-15-14-16(22(23)24)6-7-17(15)19-18/h5-8,14H,2-4,9-13H2,1H3. The lowest BCUT2D eigenvalue weighted by Gasteiger charge is -2.35. The van der Waals surface area contributed by atoms with Crippen molar-refractivity contribution in [2.24, 2.45) is 0 Å². The Balaban J connectivity index is 1.65. The number of fused-ring (bicyclic) bond motifs is 1. The third-order valence-corrected chi connectivity index (χ3v) is 4.64. The minimum atomic E-state index is -0.370. The average molecular weight is 328 g/mol. The van der Waals surface area contributed by atoms with E-state index in [0.29, 0.717) is 0 Å². The number of nitro groups is 1. The maximum absolute atomic E-state index is 10.9. The number of hydrogen-bond donors (Lipinski definition) is 0. The third-order valence-electron chi connectivity index (χ3n) is 4.64. The fourth-order valence-corrected chi connectivity index (χ4v) is 3.18. The second-order valence-electron chi connectivity index (χ2n) is 6.34. The lowest BCUT2D eigenvalue weighted by atomic mass is 10.2. The summed E-state index contributed by atoms with van der Waals surface area (Å²) in [5, 5.41) is 11.7. The highest BCUT2D eigenvalue weighted by Crippen LogP contribution is 2.23. The van der Waals surface area contributed by atoms with Gasteiger partial charge in [-0.3, -0.25) is 15.0 Å². The van der Waals surface area contributed by atoms with E-state index in [-0.39, 0.29) is 10.6 Å². The third kappa shape index (κ3) is 3.82. The Morgan fingerprint density at radius 3 is 2.62 bits per heavy atom. The van der Waals surface area contributed by atoms with Gasteiger partial charge in [0.15, 0.2) is 0 Å². The van der Waals surface area contributed by atoms with E-state index in [1.165, 1.54) is 31.9 Å². The highest BCUT2D eigenvalue weighted by Gasteiger charge is 2.18. The van der Waals surface area contributed by atoms with Crippen LogP contribution in [0.2, 0.25) is 0 Å². The Morgan fingerprint density at radius 2 is 1.92 bits per heavy atom. The molecular weight excluding hydrogens is 304 g/mol. The number of nitro benzene ring substituents is 1. The van der Waals surface area contributed by atoms with Crippen LogP contribution >= 0.6 is 0 Å². The average Bonchev–Trinajstić information content (AvgIpc) is 2.61. The van der Waals surface area contributed by atoms with Crippen LogP contribution in [0, 0.1) is 10.1 Å². The largest absolute Gasteiger partial charge is 0.354 e. The molecule has 0 radical (unpaired) electrons. The van der Waals surface area contributed by atoms with Crippen molar-refractivity contribution >= 4 is 22.4 Å². The Labute approximate surface area is 142 Å². The zero-order valence-electron chi connectivity index (χ0n) is 14.1. The fraction of sp³-hybridized carbons (Fsp3) is 0.500. The quantitative estimate of drug-likeness (QED) is 0.462. The van der Waals surface area contributed by atoms with Crippen molar-refractivity contribution in [1.82, 2.24) is 9.88 Å². The molecule has 6 heteroatoms. The topological polar surface area (TPSA) is 62.5 Å². The molecule has 3 rings (SSSR count). The van der Waals surface area contributed by atoms with E-state index in [0.717, 1.165) is 42.9 Å². The number of nitrogens with zero attached hydrogens (tertiary/aromatic N) is 4. The van der Waals surface area contributed by atoms with E-state index < -0.39 is 0 Å². The van der Waals surface area contributed by atoms with Crippen molar-refractivity contribution in [1.29, 1.82) is 0 Å². The summed E-state index contributed by atoms with van der Waals surface area (Å²) in [6, 6.07) is 8.73. The first kappa shape index (κ1) is 16.6. The van der Waals surface area contributed by atoms with Crippen LogP contribution < -0.4 is 4.90 Å². The SMILES string of the molecule is CCCCCN1CCN(c2ccc3cc([N+](=O)[O-])ccc3n2)CC1. The van der Waals surface area contributed by atoms with Crippen molar-refractivity contribution in [2.75, 3.05) is 37.6 Å². The Hall–Kier alpha value is -2.21. The van der Waals surface area contributed by atoms with E-state index in [1.54, 1.807) is 12.1 Å². The molecule has 1 fully saturated rings. The summed E-state index contributed by atoms with van der Waals surface area (Å²) in [6.07, 6.45) is 3.85. The first-order valence-electron chi connectivity index (χ1n) is 8.70. The molecule has 24 heavy (non-hydrogen) atoms. The normalized spacial score (nSPS) is 15.8. The van der Waals surface area contributed by atoms with Gasteiger partial charge in [-0.25, -0.2) is 4.98 Å². The molecule has 1 saturated heterocycles. The Bertz CT molecular complexity index is 711. The molecule has 2 aromatic rings. The Kier molecular flexibility index (Phi) is 5.25. The molecule has 0 bridgehead atoms. The number of rotatable bonds is 6. The summed E-state index contributed by atoms with van der Waals surface area (Å²) in [7, 11) is 0. The molecule has 1 aromatic heterocycles. The predicted octanol–water partition coefficient (Wildman–Crippen LogP) is 3.46. The Morgan fingerprint density at radius 1 is 1.12 bits per heavy atom. The van der Waals surface area contributed by atoms with E-state index in [4.69, 9.17) is 0 Å². The van der Waals surface area contributed by atoms with E-state index in [9.17, 15) is 10.1 Å². The van der Waals surface area contributed by atoms with Crippen molar-refractivity contribution in [3.63, 3.8) is 0 Å². The number of unbranched alkanes of at least 4 members (excludes halogenated alkanes) is 2. The molecule has 0 aliphatic carbocycles. The smallest absolute Gasteiger partial charge is 0.270 e. The number of piperazine rings is 1. The maximum Gasteiger partial charge on any atom is 0.270 e. The molecule has 0 unspecified atom stereocenters. The number of non-ortho nitro benzene ring substituents is 1. The number of aromatic nitrogens is 1. The second kappa shape index (κ2) is 7.57. The minimum Gasteiger partial charge on any atom is -0.354 e. The zero-order chi connectivity index (χ0) is 16.9. The second-order valence-corrected chi connectivity index (χ2v) is 6.34. The maximum atomic E-state index is 10.9. The van der Waals surface area contributed by atoms with E-state index >= 15 is 0 Å². The van der Waals surface area contributed by atoms with Gasteiger partial charge in [0.25, 0.3) is 5.69 Å². The molecule has 0 amide bonds.